The number of hydrogen-bond acceptors (Lipinski definition) is 3. The molecule has 5 heteroatoms. The summed E-state index contributed by atoms with van der Waals surface area (Å²) in [5, 5.41) is 0.846. The molecule has 0 aliphatic carbocycles. The molecular weight excluding hydrogens is 265 g/mol. The Hall–Kier alpha value is -2.20. The summed E-state index contributed by atoms with van der Waals surface area (Å²) in [7, 11) is 0. The average Bonchev–Trinajstić information content (AvgIpc) is 2.42. The average molecular weight is 274 g/mol. The van der Waals surface area contributed by atoms with Gasteiger partial charge in [-0.05, 0) is 30.3 Å². The molecule has 0 saturated heterocycles. The van der Waals surface area contributed by atoms with Gasteiger partial charge in [0, 0.05) is 10.9 Å². The number of nitrogens with two attached hydrogens (primary N) is 1. The van der Waals surface area contributed by atoms with Crippen molar-refractivity contribution in [3.63, 3.8) is 0 Å². The third kappa shape index (κ3) is 2.11. The highest BCUT2D eigenvalue weighted by molar-refractivity contribution is 6.30. The number of anilines is 1. The lowest BCUT2D eigenvalue weighted by Gasteiger charge is -2.05. The molecule has 0 aliphatic rings. The lowest BCUT2D eigenvalue weighted by molar-refractivity contribution is 0.628. The van der Waals surface area contributed by atoms with E-state index in [2.05, 4.69) is 9.97 Å². The lowest BCUT2D eigenvalue weighted by Crippen LogP contribution is -1.98. The molecule has 3 aromatic rings. The zero-order valence-corrected chi connectivity index (χ0v) is 10.5. The molecule has 3 rings (SSSR count). The van der Waals surface area contributed by atoms with Crippen molar-refractivity contribution in [1.82, 2.24) is 9.97 Å². The van der Waals surface area contributed by atoms with Crippen LogP contribution in [0.25, 0.3) is 22.3 Å². The summed E-state index contributed by atoms with van der Waals surface area (Å²) < 4.78 is 13.5. The maximum atomic E-state index is 13.5. The van der Waals surface area contributed by atoms with Gasteiger partial charge in [0.2, 0.25) is 0 Å². The first-order valence-electron chi connectivity index (χ1n) is 5.63. The molecule has 3 nitrogen and oxygen atoms in total. The fourth-order valence-corrected chi connectivity index (χ4v) is 1.98. The Morgan fingerprint density at radius 2 is 1.84 bits per heavy atom. The van der Waals surface area contributed by atoms with Crippen molar-refractivity contribution in [2.75, 3.05) is 5.73 Å². The lowest BCUT2D eigenvalue weighted by atomic mass is 10.2. The number of nitrogens with zero attached hydrogens (tertiary/aromatic N) is 2. The van der Waals surface area contributed by atoms with Crippen LogP contribution in [0.1, 0.15) is 0 Å². The van der Waals surface area contributed by atoms with E-state index in [0.29, 0.717) is 17.2 Å². The van der Waals surface area contributed by atoms with Gasteiger partial charge in [0.25, 0.3) is 0 Å². The van der Waals surface area contributed by atoms with Gasteiger partial charge in [0.1, 0.15) is 11.6 Å². The normalized spacial score (nSPS) is 10.8. The molecule has 19 heavy (non-hydrogen) atoms. The second-order valence-electron chi connectivity index (χ2n) is 4.08. The van der Waals surface area contributed by atoms with E-state index >= 15 is 0 Å². The molecule has 2 N–H and O–H groups in total. The van der Waals surface area contributed by atoms with Gasteiger partial charge >= 0.3 is 0 Å². The predicted molar refractivity (Wildman–Crippen MR) is 74.4 cm³/mol. The van der Waals surface area contributed by atoms with Gasteiger partial charge in [-0.15, -0.1) is 0 Å². The summed E-state index contributed by atoms with van der Waals surface area (Å²) in [6.45, 7) is 0. The van der Waals surface area contributed by atoms with Crippen molar-refractivity contribution in [3.05, 3.63) is 53.3 Å². The second-order valence-corrected chi connectivity index (χ2v) is 4.49. The minimum absolute atomic E-state index is 0.0671. The van der Waals surface area contributed by atoms with E-state index in [9.17, 15) is 4.39 Å². The molecule has 1 aromatic heterocycles. The van der Waals surface area contributed by atoms with Gasteiger partial charge < -0.3 is 5.73 Å². The van der Waals surface area contributed by atoms with E-state index in [0.717, 1.165) is 10.9 Å². The van der Waals surface area contributed by atoms with Crippen LogP contribution >= 0.6 is 11.6 Å². The van der Waals surface area contributed by atoms with Crippen LogP contribution in [0.4, 0.5) is 10.2 Å². The number of halogens is 2. The van der Waals surface area contributed by atoms with Crippen molar-refractivity contribution in [2.24, 2.45) is 0 Å². The molecule has 0 amide bonds. The van der Waals surface area contributed by atoms with Crippen molar-refractivity contribution >= 4 is 28.3 Å². The number of nitrogen functional groups attached to an aromatic ring is 1. The van der Waals surface area contributed by atoms with Gasteiger partial charge in [0.15, 0.2) is 5.82 Å². The molecule has 2 aromatic carbocycles. The highest BCUT2D eigenvalue weighted by Gasteiger charge is 2.09. The number of rotatable bonds is 1. The summed E-state index contributed by atoms with van der Waals surface area (Å²) in [6, 6.07) is 11.8. The van der Waals surface area contributed by atoms with E-state index < -0.39 is 5.82 Å². The van der Waals surface area contributed by atoms with Crippen LogP contribution in [-0.2, 0) is 0 Å². The van der Waals surface area contributed by atoms with Crippen molar-refractivity contribution in [2.45, 2.75) is 0 Å². The van der Waals surface area contributed by atoms with Crippen molar-refractivity contribution in [3.8, 4) is 11.4 Å². The molecule has 0 aliphatic heterocycles. The Balaban J connectivity index is 2.22. The second kappa shape index (κ2) is 4.48. The quantitative estimate of drug-likeness (QED) is 0.736. The van der Waals surface area contributed by atoms with E-state index in [-0.39, 0.29) is 5.02 Å². The van der Waals surface area contributed by atoms with Crippen molar-refractivity contribution < 1.29 is 4.39 Å². The summed E-state index contributed by atoms with van der Waals surface area (Å²) in [6.07, 6.45) is 0. The zero-order chi connectivity index (χ0) is 13.4. The maximum Gasteiger partial charge on any atom is 0.162 e. The molecule has 0 bridgehead atoms. The third-order valence-electron chi connectivity index (χ3n) is 2.81. The maximum absolute atomic E-state index is 13.5. The molecule has 1 heterocycles. The minimum atomic E-state index is -0.505. The monoisotopic (exact) mass is 273 g/mol. The van der Waals surface area contributed by atoms with E-state index in [1.165, 1.54) is 12.1 Å². The van der Waals surface area contributed by atoms with Crippen LogP contribution < -0.4 is 5.73 Å². The van der Waals surface area contributed by atoms with Crippen LogP contribution in [0, 0.1) is 5.82 Å². The Morgan fingerprint density at radius 1 is 1.05 bits per heavy atom. The van der Waals surface area contributed by atoms with Crippen LogP contribution in [0.2, 0.25) is 5.02 Å². The van der Waals surface area contributed by atoms with Gasteiger partial charge in [0.05, 0.1) is 10.5 Å². The van der Waals surface area contributed by atoms with Crippen LogP contribution in [0.5, 0.6) is 0 Å². The number of aromatic nitrogens is 2. The summed E-state index contributed by atoms with van der Waals surface area (Å²) >= 11 is 5.65. The molecule has 94 valence electrons. The first-order chi connectivity index (χ1) is 9.15. The standard InChI is InChI=1S/C14H9ClFN3/c15-10-6-5-8(7-11(10)16)14-18-12-4-2-1-3-9(12)13(17)19-14/h1-7H,(H2,17,18,19). The van der Waals surface area contributed by atoms with Gasteiger partial charge in [-0.3, -0.25) is 0 Å². The number of benzene rings is 2. The molecule has 0 unspecified atom stereocenters. The summed E-state index contributed by atoms with van der Waals surface area (Å²) in [4.78, 5) is 8.58. The summed E-state index contributed by atoms with van der Waals surface area (Å²) in [5.74, 6) is 0.247. The molecule has 0 saturated carbocycles. The number of hydrogen-bond donors (Lipinski definition) is 1. The third-order valence-corrected chi connectivity index (χ3v) is 3.12. The molecule has 0 fully saturated rings. The minimum Gasteiger partial charge on any atom is -0.383 e. The smallest absolute Gasteiger partial charge is 0.162 e. The van der Waals surface area contributed by atoms with Crippen LogP contribution in [0.15, 0.2) is 42.5 Å². The number of para-hydroxylation sites is 1. The molecule has 0 atom stereocenters. The molecular formula is C14H9ClFN3. The van der Waals surface area contributed by atoms with Crippen molar-refractivity contribution in [1.29, 1.82) is 0 Å². The Labute approximate surface area is 113 Å². The van der Waals surface area contributed by atoms with E-state index in [1.54, 1.807) is 6.07 Å². The van der Waals surface area contributed by atoms with Gasteiger partial charge in [-0.1, -0.05) is 23.7 Å². The first kappa shape index (κ1) is 11.9. The zero-order valence-electron chi connectivity index (χ0n) is 9.77. The molecule has 0 radical (unpaired) electrons. The Kier molecular flexibility index (Phi) is 2.80. The van der Waals surface area contributed by atoms with Gasteiger partial charge in [-0.2, -0.15) is 0 Å². The fraction of sp³-hybridized carbons (Fsp3) is 0. The van der Waals surface area contributed by atoms with Gasteiger partial charge in [-0.25, -0.2) is 14.4 Å². The number of fused-ring (bicyclic) bond motifs is 1. The van der Waals surface area contributed by atoms with Crippen LogP contribution in [-0.4, -0.2) is 9.97 Å². The first-order valence-corrected chi connectivity index (χ1v) is 6.00. The van der Waals surface area contributed by atoms with E-state index in [4.69, 9.17) is 17.3 Å². The highest BCUT2D eigenvalue weighted by Crippen LogP contribution is 2.25. The summed E-state index contributed by atoms with van der Waals surface area (Å²) in [5.41, 5.74) is 7.16. The predicted octanol–water partition coefficient (Wildman–Crippen LogP) is 3.67. The highest BCUT2D eigenvalue weighted by atomic mass is 35.5. The van der Waals surface area contributed by atoms with Crippen LogP contribution in [0.3, 0.4) is 0 Å². The molecule has 0 spiro atoms. The van der Waals surface area contributed by atoms with E-state index in [1.807, 2.05) is 24.3 Å². The largest absolute Gasteiger partial charge is 0.383 e. The Bertz CT molecular complexity index is 774. The fourth-order valence-electron chi connectivity index (χ4n) is 1.87. The SMILES string of the molecule is Nc1nc(-c2ccc(Cl)c(F)c2)nc2ccccc12. The topological polar surface area (TPSA) is 51.8 Å². The Morgan fingerprint density at radius 3 is 2.63 bits per heavy atom.